The molecular formula is C13H19N. The van der Waals surface area contributed by atoms with Crippen LogP contribution in [0.25, 0.3) is 0 Å². The van der Waals surface area contributed by atoms with Gasteiger partial charge >= 0.3 is 0 Å². The van der Waals surface area contributed by atoms with E-state index in [-0.39, 0.29) is 0 Å². The summed E-state index contributed by atoms with van der Waals surface area (Å²) in [6.07, 6.45) is 5.24. The highest BCUT2D eigenvalue weighted by Gasteiger charge is 2.24. The van der Waals surface area contributed by atoms with Gasteiger partial charge in [0, 0.05) is 12.1 Å². The van der Waals surface area contributed by atoms with Gasteiger partial charge in [-0.05, 0) is 24.8 Å². The smallest absolute Gasteiger partial charge is 0.0322 e. The van der Waals surface area contributed by atoms with Crippen molar-refractivity contribution in [3.05, 3.63) is 35.9 Å². The molecule has 1 aliphatic carbocycles. The molecule has 1 atom stereocenters. The van der Waals surface area contributed by atoms with E-state index in [0.717, 1.165) is 6.04 Å². The molecule has 2 rings (SSSR count). The minimum atomic E-state index is 0.577. The Morgan fingerprint density at radius 3 is 2.57 bits per heavy atom. The highest BCUT2D eigenvalue weighted by Crippen LogP contribution is 2.26. The standard InChI is InChI=1S/C13H19N/c1-2-6-13(14-12-9-10-12)11-7-4-3-5-8-11/h3-5,7-8,12-14H,2,6,9-10H2,1H3/t13-/m0/s1. The van der Waals surface area contributed by atoms with Crippen LogP contribution in [0.1, 0.15) is 44.2 Å². The third kappa shape index (κ3) is 2.58. The topological polar surface area (TPSA) is 12.0 Å². The Hall–Kier alpha value is -0.820. The molecule has 0 saturated heterocycles. The minimum Gasteiger partial charge on any atom is -0.307 e. The molecule has 1 fully saturated rings. The number of hydrogen-bond acceptors (Lipinski definition) is 1. The highest BCUT2D eigenvalue weighted by molar-refractivity contribution is 5.19. The SMILES string of the molecule is CCC[C@H](NC1CC1)c1ccccc1. The van der Waals surface area contributed by atoms with Gasteiger partial charge < -0.3 is 5.32 Å². The lowest BCUT2D eigenvalue weighted by Gasteiger charge is -2.18. The molecule has 0 spiro atoms. The molecule has 1 saturated carbocycles. The van der Waals surface area contributed by atoms with Crippen molar-refractivity contribution in [1.82, 2.24) is 5.32 Å². The Labute approximate surface area is 86.5 Å². The monoisotopic (exact) mass is 189 g/mol. The second-order valence-corrected chi connectivity index (χ2v) is 4.19. The maximum absolute atomic E-state index is 3.71. The zero-order valence-electron chi connectivity index (χ0n) is 8.87. The van der Waals surface area contributed by atoms with E-state index >= 15 is 0 Å². The first-order valence-corrected chi connectivity index (χ1v) is 5.71. The summed E-state index contributed by atoms with van der Waals surface area (Å²) < 4.78 is 0. The van der Waals surface area contributed by atoms with Gasteiger partial charge in [0.05, 0.1) is 0 Å². The summed E-state index contributed by atoms with van der Waals surface area (Å²) in [4.78, 5) is 0. The van der Waals surface area contributed by atoms with E-state index in [9.17, 15) is 0 Å². The number of nitrogens with one attached hydrogen (secondary N) is 1. The van der Waals surface area contributed by atoms with Crippen LogP contribution in [0, 0.1) is 0 Å². The fourth-order valence-corrected chi connectivity index (χ4v) is 1.85. The summed E-state index contributed by atoms with van der Waals surface area (Å²) in [5.74, 6) is 0. The van der Waals surface area contributed by atoms with E-state index in [4.69, 9.17) is 0 Å². The van der Waals surface area contributed by atoms with Crippen LogP contribution in [0.5, 0.6) is 0 Å². The van der Waals surface area contributed by atoms with Gasteiger partial charge in [0.1, 0.15) is 0 Å². The Bertz CT molecular complexity index is 264. The number of benzene rings is 1. The van der Waals surface area contributed by atoms with E-state index in [0.29, 0.717) is 6.04 Å². The van der Waals surface area contributed by atoms with Gasteiger partial charge in [-0.15, -0.1) is 0 Å². The second kappa shape index (κ2) is 4.61. The first-order chi connectivity index (χ1) is 6.90. The van der Waals surface area contributed by atoms with Crippen LogP contribution in [-0.4, -0.2) is 6.04 Å². The van der Waals surface area contributed by atoms with E-state index in [2.05, 4.69) is 42.6 Å². The van der Waals surface area contributed by atoms with Crippen LogP contribution in [0.15, 0.2) is 30.3 Å². The summed E-state index contributed by atoms with van der Waals surface area (Å²) in [6, 6.07) is 12.2. The molecule has 0 radical (unpaired) electrons. The van der Waals surface area contributed by atoms with Gasteiger partial charge in [0.15, 0.2) is 0 Å². The number of hydrogen-bond donors (Lipinski definition) is 1. The van der Waals surface area contributed by atoms with Crippen LogP contribution < -0.4 is 5.32 Å². The molecule has 1 aliphatic rings. The molecule has 1 N–H and O–H groups in total. The summed E-state index contributed by atoms with van der Waals surface area (Å²) in [5, 5.41) is 3.71. The van der Waals surface area contributed by atoms with Crippen molar-refractivity contribution < 1.29 is 0 Å². The van der Waals surface area contributed by atoms with Crippen molar-refractivity contribution in [3.8, 4) is 0 Å². The molecule has 1 nitrogen and oxygen atoms in total. The largest absolute Gasteiger partial charge is 0.307 e. The Balaban J connectivity index is 2.01. The Kier molecular flexibility index (Phi) is 3.20. The average Bonchev–Trinajstić information content (AvgIpc) is 3.03. The summed E-state index contributed by atoms with van der Waals surface area (Å²) in [7, 11) is 0. The van der Waals surface area contributed by atoms with Crippen LogP contribution in [0.4, 0.5) is 0 Å². The zero-order chi connectivity index (χ0) is 9.80. The molecule has 0 aliphatic heterocycles. The molecule has 0 bridgehead atoms. The van der Waals surface area contributed by atoms with Crippen molar-refractivity contribution in [3.63, 3.8) is 0 Å². The normalized spacial score (nSPS) is 18.1. The van der Waals surface area contributed by atoms with Gasteiger partial charge in [0.2, 0.25) is 0 Å². The summed E-state index contributed by atoms with van der Waals surface area (Å²) >= 11 is 0. The lowest BCUT2D eigenvalue weighted by atomic mass is 10.0. The van der Waals surface area contributed by atoms with Crippen molar-refractivity contribution in [1.29, 1.82) is 0 Å². The van der Waals surface area contributed by atoms with Crippen molar-refractivity contribution >= 4 is 0 Å². The maximum Gasteiger partial charge on any atom is 0.0322 e. The Morgan fingerprint density at radius 1 is 1.29 bits per heavy atom. The quantitative estimate of drug-likeness (QED) is 0.749. The van der Waals surface area contributed by atoms with Gasteiger partial charge in [0.25, 0.3) is 0 Å². The zero-order valence-corrected chi connectivity index (χ0v) is 8.87. The van der Waals surface area contributed by atoms with Crippen LogP contribution in [-0.2, 0) is 0 Å². The molecule has 14 heavy (non-hydrogen) atoms. The molecular weight excluding hydrogens is 170 g/mol. The van der Waals surface area contributed by atoms with Crippen molar-refractivity contribution in [2.45, 2.75) is 44.7 Å². The molecule has 0 amide bonds. The molecule has 0 unspecified atom stereocenters. The molecule has 76 valence electrons. The van der Waals surface area contributed by atoms with Crippen molar-refractivity contribution in [2.75, 3.05) is 0 Å². The third-order valence-electron chi connectivity index (χ3n) is 2.79. The first kappa shape index (κ1) is 9.72. The van der Waals surface area contributed by atoms with E-state index in [1.54, 1.807) is 0 Å². The molecule has 1 aromatic rings. The minimum absolute atomic E-state index is 0.577. The molecule has 1 aromatic carbocycles. The fourth-order valence-electron chi connectivity index (χ4n) is 1.85. The van der Waals surface area contributed by atoms with Gasteiger partial charge in [-0.2, -0.15) is 0 Å². The van der Waals surface area contributed by atoms with Crippen molar-refractivity contribution in [2.24, 2.45) is 0 Å². The predicted molar refractivity (Wildman–Crippen MR) is 60.2 cm³/mol. The summed E-state index contributed by atoms with van der Waals surface area (Å²) in [5.41, 5.74) is 1.45. The van der Waals surface area contributed by atoms with E-state index in [1.807, 2.05) is 0 Å². The van der Waals surface area contributed by atoms with Gasteiger partial charge in [-0.1, -0.05) is 43.7 Å². The van der Waals surface area contributed by atoms with E-state index < -0.39 is 0 Å². The van der Waals surface area contributed by atoms with Crippen LogP contribution in [0.3, 0.4) is 0 Å². The third-order valence-corrected chi connectivity index (χ3v) is 2.79. The average molecular weight is 189 g/mol. The highest BCUT2D eigenvalue weighted by atomic mass is 15.0. The lowest BCUT2D eigenvalue weighted by molar-refractivity contribution is 0.491. The number of rotatable bonds is 5. The van der Waals surface area contributed by atoms with Gasteiger partial charge in [-0.25, -0.2) is 0 Å². The lowest BCUT2D eigenvalue weighted by Crippen LogP contribution is -2.23. The molecule has 0 heterocycles. The van der Waals surface area contributed by atoms with Gasteiger partial charge in [-0.3, -0.25) is 0 Å². The van der Waals surface area contributed by atoms with E-state index in [1.165, 1.54) is 31.2 Å². The maximum atomic E-state index is 3.71. The van der Waals surface area contributed by atoms with Crippen LogP contribution in [0.2, 0.25) is 0 Å². The molecule has 1 heteroatoms. The predicted octanol–water partition coefficient (Wildman–Crippen LogP) is 3.28. The summed E-state index contributed by atoms with van der Waals surface area (Å²) in [6.45, 7) is 2.25. The first-order valence-electron chi connectivity index (χ1n) is 5.71. The Morgan fingerprint density at radius 2 is 2.00 bits per heavy atom. The molecule has 0 aromatic heterocycles. The fraction of sp³-hybridized carbons (Fsp3) is 0.538. The van der Waals surface area contributed by atoms with Crippen LogP contribution >= 0.6 is 0 Å². The second-order valence-electron chi connectivity index (χ2n) is 4.19.